The van der Waals surface area contributed by atoms with Gasteiger partial charge in [0.25, 0.3) is 5.92 Å². The third-order valence-corrected chi connectivity index (χ3v) is 5.60. The van der Waals surface area contributed by atoms with E-state index in [1.807, 2.05) is 0 Å². The van der Waals surface area contributed by atoms with Crippen LogP contribution in [0.3, 0.4) is 0 Å². The first-order chi connectivity index (χ1) is 15.2. The molecule has 1 aliphatic rings. The zero-order valence-corrected chi connectivity index (χ0v) is 17.6. The smallest absolute Gasteiger partial charge is 0.265 e. The molecule has 1 fully saturated rings. The Balaban J connectivity index is 1.63. The van der Waals surface area contributed by atoms with Gasteiger partial charge in [0.1, 0.15) is 35.8 Å². The fourth-order valence-electron chi connectivity index (χ4n) is 3.66. The molecule has 32 heavy (non-hydrogen) atoms. The average Bonchev–Trinajstić information content (AvgIpc) is 3.12. The molecule has 0 aliphatic carbocycles. The van der Waals surface area contributed by atoms with Crippen molar-refractivity contribution in [2.45, 2.75) is 51.1 Å². The summed E-state index contributed by atoms with van der Waals surface area (Å²) in [6, 6.07) is 1.92. The summed E-state index contributed by atoms with van der Waals surface area (Å²) < 4.78 is 43.2. The Labute approximate surface area is 182 Å². The molecule has 0 spiro atoms. The van der Waals surface area contributed by atoms with E-state index in [0.29, 0.717) is 35.2 Å². The van der Waals surface area contributed by atoms with Crippen molar-refractivity contribution < 1.29 is 23.4 Å². The highest BCUT2D eigenvalue weighted by Gasteiger charge is 2.34. The summed E-state index contributed by atoms with van der Waals surface area (Å²) in [5.41, 5.74) is 0.764. The molecule has 0 bridgehead atoms. The number of piperidine rings is 1. The molecule has 0 radical (unpaired) electrons. The molecule has 3 unspecified atom stereocenters. The predicted octanol–water partition coefficient (Wildman–Crippen LogP) is 2.58. The van der Waals surface area contributed by atoms with Gasteiger partial charge in [-0.25, -0.2) is 28.1 Å². The largest absolute Gasteiger partial charge is 0.390 e. The van der Waals surface area contributed by atoms with Crippen LogP contribution in [0.25, 0.3) is 11.0 Å². The highest BCUT2D eigenvalue weighted by molar-refractivity contribution is 5.79. The van der Waals surface area contributed by atoms with E-state index in [0.717, 1.165) is 6.92 Å². The lowest BCUT2D eigenvalue weighted by atomic mass is 10.1. The van der Waals surface area contributed by atoms with Crippen LogP contribution in [0.15, 0.2) is 24.5 Å². The molecule has 0 saturated carbocycles. The lowest BCUT2D eigenvalue weighted by Gasteiger charge is -2.32. The van der Waals surface area contributed by atoms with E-state index in [9.17, 15) is 23.4 Å². The molecule has 4 rings (SSSR count). The molecule has 3 atom stereocenters. The normalized spacial score (nSPS) is 20.5. The number of imidazole rings is 1. The highest BCUT2D eigenvalue weighted by Crippen LogP contribution is 2.33. The Morgan fingerprint density at radius 3 is 2.75 bits per heavy atom. The number of fused-ring (bicyclic) bond motifs is 1. The molecule has 9 nitrogen and oxygen atoms in total. The van der Waals surface area contributed by atoms with Crippen LogP contribution in [0.2, 0.25) is 0 Å². The number of rotatable bonds is 6. The molecular formula is C20H24F3N7O2. The first kappa shape index (κ1) is 22.2. The molecule has 12 heteroatoms. The van der Waals surface area contributed by atoms with Gasteiger partial charge in [-0.3, -0.25) is 0 Å². The second-order valence-corrected chi connectivity index (χ2v) is 7.93. The third-order valence-electron chi connectivity index (χ3n) is 5.60. The molecular weight excluding hydrogens is 427 g/mol. The van der Waals surface area contributed by atoms with Crippen LogP contribution < -0.4 is 10.2 Å². The minimum Gasteiger partial charge on any atom is -0.390 e. The minimum atomic E-state index is -3.04. The number of anilines is 3. The number of aliphatic hydroxyl groups excluding tert-OH is 2. The molecule has 0 amide bonds. The monoisotopic (exact) mass is 451 g/mol. The summed E-state index contributed by atoms with van der Waals surface area (Å²) in [6.07, 6.45) is 0.839. The van der Waals surface area contributed by atoms with E-state index < -0.39 is 30.8 Å². The van der Waals surface area contributed by atoms with Crippen molar-refractivity contribution in [3.63, 3.8) is 0 Å². The second kappa shape index (κ2) is 8.51. The number of aromatic nitrogens is 5. The van der Waals surface area contributed by atoms with E-state index in [2.05, 4.69) is 25.3 Å². The zero-order valence-electron chi connectivity index (χ0n) is 17.6. The van der Waals surface area contributed by atoms with Gasteiger partial charge in [0.2, 0.25) is 5.95 Å². The lowest BCUT2D eigenvalue weighted by molar-refractivity contribution is -0.0263. The predicted molar refractivity (Wildman–Crippen MR) is 112 cm³/mol. The van der Waals surface area contributed by atoms with Crippen molar-refractivity contribution in [2.24, 2.45) is 0 Å². The van der Waals surface area contributed by atoms with Crippen LogP contribution in [0, 0.1) is 0 Å². The number of nitrogens with one attached hydrogen (secondary N) is 1. The fourth-order valence-corrected chi connectivity index (χ4v) is 3.66. The van der Waals surface area contributed by atoms with E-state index >= 15 is 0 Å². The first-order valence-electron chi connectivity index (χ1n) is 10.2. The maximum Gasteiger partial charge on any atom is 0.265 e. The fraction of sp³-hybridized carbons (Fsp3) is 0.500. The number of halogens is 3. The lowest BCUT2D eigenvalue weighted by Crippen LogP contribution is -2.45. The number of hydrogen-bond acceptors (Lipinski definition) is 8. The second-order valence-electron chi connectivity index (χ2n) is 7.93. The number of hydrogen-bond donors (Lipinski definition) is 3. The van der Waals surface area contributed by atoms with Crippen LogP contribution in [-0.4, -0.2) is 66.0 Å². The summed E-state index contributed by atoms with van der Waals surface area (Å²) in [6.45, 7) is 2.09. The van der Waals surface area contributed by atoms with Crippen molar-refractivity contribution in [3.05, 3.63) is 30.4 Å². The van der Waals surface area contributed by atoms with Crippen molar-refractivity contribution in [2.75, 3.05) is 23.3 Å². The molecule has 3 aromatic heterocycles. The molecule has 4 heterocycles. The quantitative estimate of drug-likeness (QED) is 0.524. The molecule has 0 aromatic carbocycles. The van der Waals surface area contributed by atoms with Gasteiger partial charge < -0.3 is 25.0 Å². The van der Waals surface area contributed by atoms with E-state index in [1.54, 1.807) is 17.0 Å². The van der Waals surface area contributed by atoms with Gasteiger partial charge in [0.15, 0.2) is 0 Å². The van der Waals surface area contributed by atoms with E-state index in [4.69, 9.17) is 0 Å². The summed E-state index contributed by atoms with van der Waals surface area (Å²) in [5, 5.41) is 22.2. The van der Waals surface area contributed by atoms with Crippen LogP contribution >= 0.6 is 0 Å². The van der Waals surface area contributed by atoms with Crippen LogP contribution in [0.4, 0.5) is 30.8 Å². The minimum absolute atomic E-state index is 0.0128. The molecule has 1 saturated heterocycles. The molecule has 3 aromatic rings. The first-order valence-corrected chi connectivity index (χ1v) is 10.2. The van der Waals surface area contributed by atoms with Gasteiger partial charge in [-0.1, -0.05) is 0 Å². The van der Waals surface area contributed by atoms with Crippen molar-refractivity contribution in [1.29, 1.82) is 0 Å². The van der Waals surface area contributed by atoms with Gasteiger partial charge in [0, 0.05) is 25.7 Å². The number of alkyl halides is 3. The molecule has 172 valence electrons. The van der Waals surface area contributed by atoms with Crippen molar-refractivity contribution >= 4 is 28.6 Å². The Bertz CT molecular complexity index is 1100. The van der Waals surface area contributed by atoms with Gasteiger partial charge in [-0.15, -0.1) is 0 Å². The zero-order chi connectivity index (χ0) is 23.0. The van der Waals surface area contributed by atoms with Gasteiger partial charge in [-0.2, -0.15) is 4.98 Å². The average molecular weight is 451 g/mol. The Morgan fingerprint density at radius 1 is 1.28 bits per heavy atom. The van der Waals surface area contributed by atoms with Gasteiger partial charge in [-0.05, 0) is 19.4 Å². The number of aliphatic hydroxyl groups is 2. The molecule has 3 N–H and O–H groups in total. The standard InChI is InChI=1S/C20H24F3N7O2/c1-11(20(2,22)23)30-14-7-17(25-8-13(14)26-18(30)10-31)27-16-3-5-24-19(28-16)29-6-4-15(32)12(21)9-29/h3,5,7-8,11-12,15,31-32H,4,6,9-10H2,1-2H3,(H,24,25,27,28). The van der Waals surface area contributed by atoms with Gasteiger partial charge in [0.05, 0.1) is 30.4 Å². The van der Waals surface area contributed by atoms with Crippen molar-refractivity contribution in [1.82, 2.24) is 24.5 Å². The third kappa shape index (κ3) is 4.32. The van der Waals surface area contributed by atoms with Crippen LogP contribution in [0.5, 0.6) is 0 Å². The maximum absolute atomic E-state index is 14.0. The van der Waals surface area contributed by atoms with Gasteiger partial charge >= 0.3 is 0 Å². The van der Waals surface area contributed by atoms with Crippen LogP contribution in [-0.2, 0) is 6.61 Å². The Kier molecular flexibility index (Phi) is 5.91. The number of nitrogens with zero attached hydrogens (tertiary/aromatic N) is 6. The summed E-state index contributed by atoms with van der Waals surface area (Å²) in [5.74, 6) is -1.91. The van der Waals surface area contributed by atoms with Crippen molar-refractivity contribution in [3.8, 4) is 0 Å². The topological polar surface area (TPSA) is 112 Å². The molecule has 1 aliphatic heterocycles. The Hall–Kier alpha value is -2.99. The highest BCUT2D eigenvalue weighted by atomic mass is 19.3. The summed E-state index contributed by atoms with van der Waals surface area (Å²) in [4.78, 5) is 18.7. The van der Waals surface area contributed by atoms with Crippen LogP contribution in [0.1, 0.15) is 32.1 Å². The van der Waals surface area contributed by atoms with E-state index in [1.165, 1.54) is 23.9 Å². The summed E-state index contributed by atoms with van der Waals surface area (Å²) in [7, 11) is 0. The number of pyridine rings is 1. The Morgan fingerprint density at radius 2 is 2.06 bits per heavy atom. The SMILES string of the molecule is CC(n1c(CO)nc2cnc(Nc3ccnc(N4CCC(O)C(F)C4)n3)cc21)C(C)(F)F. The maximum atomic E-state index is 14.0. The summed E-state index contributed by atoms with van der Waals surface area (Å²) >= 11 is 0. The van der Waals surface area contributed by atoms with E-state index in [-0.39, 0.29) is 18.8 Å².